The topological polar surface area (TPSA) is 41.6 Å². The summed E-state index contributed by atoms with van der Waals surface area (Å²) in [4.78, 5) is 14.3. The average Bonchev–Trinajstić information content (AvgIpc) is 2.38. The summed E-state index contributed by atoms with van der Waals surface area (Å²) in [7, 11) is 0. The first-order chi connectivity index (χ1) is 8.20. The minimum absolute atomic E-state index is 0.0364. The summed E-state index contributed by atoms with van der Waals surface area (Å²) in [6, 6.07) is 0.509. The standard InChI is InChI=1S/C13H24N2O2/c1-3-11-9-15(7-8-17-11)13(16)12-6-4-5-10(2)14-12/h10-12,14H,3-9H2,1-2H3. The minimum atomic E-state index is 0.0364. The van der Waals surface area contributed by atoms with Crippen LogP contribution < -0.4 is 5.32 Å². The molecule has 2 fully saturated rings. The minimum Gasteiger partial charge on any atom is -0.375 e. The highest BCUT2D eigenvalue weighted by atomic mass is 16.5. The third-order valence-corrected chi connectivity index (χ3v) is 3.82. The summed E-state index contributed by atoms with van der Waals surface area (Å²) in [5.41, 5.74) is 0. The second-order valence-electron chi connectivity index (χ2n) is 5.24. The Morgan fingerprint density at radius 2 is 2.29 bits per heavy atom. The van der Waals surface area contributed by atoms with Gasteiger partial charge in [0, 0.05) is 19.1 Å². The molecule has 0 bridgehead atoms. The molecule has 3 atom stereocenters. The van der Waals surface area contributed by atoms with Crippen molar-refractivity contribution in [2.24, 2.45) is 0 Å². The molecule has 0 saturated carbocycles. The summed E-state index contributed by atoms with van der Waals surface area (Å²) in [6.07, 6.45) is 4.54. The number of rotatable bonds is 2. The van der Waals surface area contributed by atoms with Crippen molar-refractivity contribution >= 4 is 5.91 Å². The maximum absolute atomic E-state index is 12.4. The van der Waals surface area contributed by atoms with Crippen LogP contribution in [0.4, 0.5) is 0 Å². The van der Waals surface area contributed by atoms with Crippen LogP contribution >= 0.6 is 0 Å². The molecule has 0 aromatic heterocycles. The molecule has 1 N–H and O–H groups in total. The molecule has 4 nitrogen and oxygen atoms in total. The first kappa shape index (κ1) is 12.8. The molecule has 0 aromatic carbocycles. The van der Waals surface area contributed by atoms with E-state index in [1.54, 1.807) is 0 Å². The molecule has 0 aromatic rings. The van der Waals surface area contributed by atoms with Gasteiger partial charge in [-0.25, -0.2) is 0 Å². The second kappa shape index (κ2) is 5.83. The Morgan fingerprint density at radius 3 is 3.00 bits per heavy atom. The maximum Gasteiger partial charge on any atom is 0.239 e. The Morgan fingerprint density at radius 1 is 1.47 bits per heavy atom. The highest BCUT2D eigenvalue weighted by Gasteiger charge is 2.30. The molecule has 1 amide bonds. The average molecular weight is 240 g/mol. The normalized spacial score (nSPS) is 34.7. The Hall–Kier alpha value is -0.610. The number of carbonyl (C=O) groups is 1. The van der Waals surface area contributed by atoms with Crippen LogP contribution in [0.3, 0.4) is 0 Å². The van der Waals surface area contributed by atoms with Crippen LogP contribution in [0.25, 0.3) is 0 Å². The fourth-order valence-electron chi connectivity index (χ4n) is 2.72. The highest BCUT2D eigenvalue weighted by molar-refractivity contribution is 5.82. The number of nitrogens with zero attached hydrogens (tertiary/aromatic N) is 1. The lowest BCUT2D eigenvalue weighted by molar-refractivity contribution is -0.142. The summed E-state index contributed by atoms with van der Waals surface area (Å²) < 4.78 is 5.60. The van der Waals surface area contributed by atoms with Crippen molar-refractivity contribution in [2.75, 3.05) is 19.7 Å². The van der Waals surface area contributed by atoms with Crippen molar-refractivity contribution in [2.45, 2.75) is 57.7 Å². The monoisotopic (exact) mass is 240 g/mol. The van der Waals surface area contributed by atoms with Crippen LogP contribution in [0.15, 0.2) is 0 Å². The number of morpholine rings is 1. The first-order valence-electron chi connectivity index (χ1n) is 6.87. The zero-order chi connectivity index (χ0) is 12.3. The van der Waals surface area contributed by atoms with E-state index in [1.807, 2.05) is 4.90 Å². The molecule has 0 spiro atoms. The Bertz CT molecular complexity index is 270. The number of amides is 1. The van der Waals surface area contributed by atoms with Gasteiger partial charge in [0.1, 0.15) is 0 Å². The van der Waals surface area contributed by atoms with Gasteiger partial charge in [-0.2, -0.15) is 0 Å². The van der Waals surface area contributed by atoms with E-state index >= 15 is 0 Å². The summed E-state index contributed by atoms with van der Waals surface area (Å²) in [5.74, 6) is 0.276. The van der Waals surface area contributed by atoms with E-state index in [2.05, 4.69) is 19.2 Å². The molecule has 2 saturated heterocycles. The van der Waals surface area contributed by atoms with E-state index in [4.69, 9.17) is 4.74 Å². The molecule has 2 aliphatic rings. The SMILES string of the molecule is CCC1CN(C(=O)C2CCCC(C)N2)CCO1. The van der Waals surface area contributed by atoms with Crippen LogP contribution in [0.2, 0.25) is 0 Å². The van der Waals surface area contributed by atoms with Gasteiger partial charge in [-0.3, -0.25) is 4.79 Å². The van der Waals surface area contributed by atoms with Gasteiger partial charge in [0.15, 0.2) is 0 Å². The molecule has 17 heavy (non-hydrogen) atoms. The van der Waals surface area contributed by atoms with Crippen molar-refractivity contribution in [3.05, 3.63) is 0 Å². The van der Waals surface area contributed by atoms with Gasteiger partial charge in [-0.15, -0.1) is 0 Å². The van der Waals surface area contributed by atoms with Gasteiger partial charge in [0.05, 0.1) is 18.8 Å². The molecule has 0 radical (unpaired) electrons. The van der Waals surface area contributed by atoms with Crippen molar-refractivity contribution in [1.29, 1.82) is 0 Å². The molecule has 2 heterocycles. The third-order valence-electron chi connectivity index (χ3n) is 3.82. The molecule has 2 rings (SSSR count). The van der Waals surface area contributed by atoms with Crippen LogP contribution in [0.1, 0.15) is 39.5 Å². The first-order valence-corrected chi connectivity index (χ1v) is 6.87. The molecule has 0 aliphatic carbocycles. The number of piperidine rings is 1. The van der Waals surface area contributed by atoms with Gasteiger partial charge in [0.2, 0.25) is 5.91 Å². The van der Waals surface area contributed by atoms with Gasteiger partial charge < -0.3 is 15.0 Å². The number of nitrogens with one attached hydrogen (secondary N) is 1. The zero-order valence-electron chi connectivity index (χ0n) is 10.9. The Balaban J connectivity index is 1.89. The lowest BCUT2D eigenvalue weighted by Crippen LogP contribution is -2.55. The summed E-state index contributed by atoms with van der Waals surface area (Å²) in [6.45, 7) is 6.48. The predicted molar refractivity (Wildman–Crippen MR) is 66.8 cm³/mol. The highest BCUT2D eigenvalue weighted by Crippen LogP contribution is 2.16. The van der Waals surface area contributed by atoms with Gasteiger partial charge in [0.25, 0.3) is 0 Å². The van der Waals surface area contributed by atoms with Gasteiger partial charge in [-0.1, -0.05) is 6.92 Å². The second-order valence-corrected chi connectivity index (χ2v) is 5.24. The van der Waals surface area contributed by atoms with Crippen LogP contribution in [-0.4, -0.2) is 48.7 Å². The summed E-state index contributed by atoms with van der Waals surface area (Å²) >= 11 is 0. The number of ether oxygens (including phenoxy) is 1. The third kappa shape index (κ3) is 3.19. The predicted octanol–water partition coefficient (Wildman–Crippen LogP) is 1.15. The van der Waals surface area contributed by atoms with E-state index in [-0.39, 0.29) is 18.1 Å². The van der Waals surface area contributed by atoms with E-state index in [0.29, 0.717) is 12.6 Å². The van der Waals surface area contributed by atoms with Crippen LogP contribution in [-0.2, 0) is 9.53 Å². The number of hydrogen-bond donors (Lipinski definition) is 1. The summed E-state index contributed by atoms with van der Waals surface area (Å²) in [5, 5.41) is 3.41. The molecule has 98 valence electrons. The van der Waals surface area contributed by atoms with E-state index in [0.717, 1.165) is 32.4 Å². The molecule has 3 unspecified atom stereocenters. The van der Waals surface area contributed by atoms with Crippen molar-refractivity contribution < 1.29 is 9.53 Å². The zero-order valence-corrected chi connectivity index (χ0v) is 10.9. The van der Waals surface area contributed by atoms with Gasteiger partial charge >= 0.3 is 0 Å². The smallest absolute Gasteiger partial charge is 0.239 e. The fraction of sp³-hybridized carbons (Fsp3) is 0.923. The molecule has 4 heteroatoms. The van der Waals surface area contributed by atoms with E-state index < -0.39 is 0 Å². The van der Waals surface area contributed by atoms with E-state index in [1.165, 1.54) is 6.42 Å². The fourth-order valence-corrected chi connectivity index (χ4v) is 2.72. The van der Waals surface area contributed by atoms with Crippen LogP contribution in [0, 0.1) is 0 Å². The lowest BCUT2D eigenvalue weighted by Gasteiger charge is -2.37. The van der Waals surface area contributed by atoms with Crippen molar-refractivity contribution in [3.63, 3.8) is 0 Å². The Kier molecular flexibility index (Phi) is 4.40. The quantitative estimate of drug-likeness (QED) is 0.787. The van der Waals surface area contributed by atoms with Crippen molar-refractivity contribution in [3.8, 4) is 0 Å². The largest absolute Gasteiger partial charge is 0.375 e. The maximum atomic E-state index is 12.4. The molecular formula is C13H24N2O2. The molecule has 2 aliphatic heterocycles. The Labute approximate surface area is 104 Å². The number of carbonyl (C=O) groups excluding carboxylic acids is 1. The number of hydrogen-bond acceptors (Lipinski definition) is 3. The molecular weight excluding hydrogens is 216 g/mol. The van der Waals surface area contributed by atoms with Gasteiger partial charge in [-0.05, 0) is 32.6 Å². The van der Waals surface area contributed by atoms with E-state index in [9.17, 15) is 4.79 Å². The lowest BCUT2D eigenvalue weighted by atomic mass is 9.98. The van der Waals surface area contributed by atoms with Crippen LogP contribution in [0.5, 0.6) is 0 Å². The van der Waals surface area contributed by atoms with Crippen molar-refractivity contribution in [1.82, 2.24) is 10.2 Å².